The highest BCUT2D eigenvalue weighted by molar-refractivity contribution is 6.04. The molecule has 0 spiro atoms. The number of aromatic nitrogens is 4. The summed E-state index contributed by atoms with van der Waals surface area (Å²) in [5.74, 6) is -0.345. The number of hydrogen-bond donors (Lipinski definition) is 2. The monoisotopic (exact) mass is 606 g/mol. The average Bonchev–Trinajstić information content (AvgIpc) is 3.42. The molecule has 5 rings (SSSR count). The van der Waals surface area contributed by atoms with Crippen LogP contribution in [0.5, 0.6) is 0 Å². The first-order chi connectivity index (χ1) is 21.0. The van der Waals surface area contributed by atoms with Crippen LogP contribution in [0.25, 0.3) is 11.3 Å². The molecule has 1 aliphatic heterocycles. The van der Waals surface area contributed by atoms with Gasteiger partial charge in [-0.1, -0.05) is 12.1 Å². The van der Waals surface area contributed by atoms with Gasteiger partial charge < -0.3 is 20.3 Å². The second-order valence-electron chi connectivity index (χ2n) is 10.9. The van der Waals surface area contributed by atoms with Gasteiger partial charge in [0, 0.05) is 73.9 Å². The number of carbonyl (C=O) groups is 1. The SMILES string of the molecule is CO[C@H]1CN(Cc2ccc(C(=O)Nc3ccc(C)c(Nc4nccc(-c5cncnc5)n4)c3)cc2C(F)(F)F)CC1N(C)C. The zero-order valence-corrected chi connectivity index (χ0v) is 24.8. The van der Waals surface area contributed by atoms with Gasteiger partial charge in [0.1, 0.15) is 6.33 Å². The number of ether oxygens (including phenoxy) is 1. The average molecular weight is 607 g/mol. The van der Waals surface area contributed by atoms with Crippen LogP contribution < -0.4 is 10.6 Å². The maximum absolute atomic E-state index is 14.2. The summed E-state index contributed by atoms with van der Waals surface area (Å²) >= 11 is 0. The lowest BCUT2D eigenvalue weighted by Gasteiger charge is -2.24. The molecule has 0 aliphatic carbocycles. The van der Waals surface area contributed by atoms with E-state index < -0.39 is 17.6 Å². The Kier molecular flexibility index (Phi) is 9.18. The number of halogens is 3. The van der Waals surface area contributed by atoms with E-state index in [0.29, 0.717) is 36.1 Å². The Labute approximate surface area is 253 Å². The van der Waals surface area contributed by atoms with E-state index in [0.717, 1.165) is 17.2 Å². The van der Waals surface area contributed by atoms with Crippen LogP contribution in [-0.4, -0.2) is 82.1 Å². The Bertz CT molecular complexity index is 1620. The Morgan fingerprint density at radius 3 is 2.55 bits per heavy atom. The van der Waals surface area contributed by atoms with Crippen molar-refractivity contribution in [2.75, 3.05) is 44.9 Å². The van der Waals surface area contributed by atoms with Crippen molar-refractivity contribution in [1.82, 2.24) is 29.7 Å². The highest BCUT2D eigenvalue weighted by Gasteiger charge is 2.38. The molecule has 4 aromatic rings. The first-order valence-electron chi connectivity index (χ1n) is 13.9. The van der Waals surface area contributed by atoms with Crippen LogP contribution in [0.4, 0.5) is 30.5 Å². The van der Waals surface area contributed by atoms with Gasteiger partial charge in [-0.25, -0.2) is 19.9 Å². The number of anilines is 3. The van der Waals surface area contributed by atoms with Gasteiger partial charge in [-0.2, -0.15) is 13.2 Å². The minimum atomic E-state index is -4.63. The molecule has 2 aromatic heterocycles. The number of likely N-dealkylation sites (tertiary alicyclic amines) is 1. The number of aryl methyl sites for hydroxylation is 1. The van der Waals surface area contributed by atoms with Gasteiger partial charge >= 0.3 is 6.18 Å². The molecule has 2 atom stereocenters. The molecule has 3 heterocycles. The fourth-order valence-corrected chi connectivity index (χ4v) is 5.22. The molecule has 0 radical (unpaired) electrons. The maximum atomic E-state index is 14.2. The molecule has 0 bridgehead atoms. The van der Waals surface area contributed by atoms with E-state index in [2.05, 4.69) is 30.6 Å². The predicted octanol–water partition coefficient (Wildman–Crippen LogP) is 5.02. The number of methoxy groups -OCH3 is 1. The van der Waals surface area contributed by atoms with Crippen LogP contribution in [0.15, 0.2) is 67.4 Å². The number of hydrogen-bond acceptors (Lipinski definition) is 9. The molecule has 0 saturated carbocycles. The molecule has 1 fully saturated rings. The summed E-state index contributed by atoms with van der Waals surface area (Å²) in [4.78, 5) is 33.9. The molecule has 13 heteroatoms. The van der Waals surface area contributed by atoms with Gasteiger partial charge in [0.2, 0.25) is 5.95 Å². The Morgan fingerprint density at radius 1 is 1.09 bits per heavy atom. The van der Waals surface area contributed by atoms with Crippen molar-refractivity contribution in [3.05, 3.63) is 89.6 Å². The molecular formula is C31H33F3N8O2. The van der Waals surface area contributed by atoms with Gasteiger partial charge in [-0.15, -0.1) is 0 Å². The number of benzene rings is 2. The van der Waals surface area contributed by atoms with Crippen molar-refractivity contribution < 1.29 is 22.7 Å². The summed E-state index contributed by atoms with van der Waals surface area (Å²) in [6, 6.07) is 10.7. The molecule has 1 aliphatic rings. The fraction of sp³-hybridized carbons (Fsp3) is 0.323. The van der Waals surface area contributed by atoms with Crippen molar-refractivity contribution in [1.29, 1.82) is 0 Å². The van der Waals surface area contributed by atoms with E-state index in [1.54, 1.807) is 50.0 Å². The second-order valence-corrected chi connectivity index (χ2v) is 10.9. The zero-order valence-electron chi connectivity index (χ0n) is 24.8. The van der Waals surface area contributed by atoms with E-state index in [-0.39, 0.29) is 29.8 Å². The van der Waals surface area contributed by atoms with E-state index in [9.17, 15) is 18.0 Å². The van der Waals surface area contributed by atoms with E-state index in [4.69, 9.17) is 4.74 Å². The topological polar surface area (TPSA) is 108 Å². The highest BCUT2D eigenvalue weighted by Crippen LogP contribution is 2.34. The lowest BCUT2D eigenvalue weighted by molar-refractivity contribution is -0.138. The Morgan fingerprint density at radius 2 is 1.86 bits per heavy atom. The highest BCUT2D eigenvalue weighted by atomic mass is 19.4. The van der Waals surface area contributed by atoms with E-state index in [1.807, 2.05) is 30.8 Å². The first kappa shape index (κ1) is 31.0. The molecule has 10 nitrogen and oxygen atoms in total. The third kappa shape index (κ3) is 7.18. The Balaban J connectivity index is 1.32. The molecular weight excluding hydrogens is 573 g/mol. The van der Waals surface area contributed by atoms with Crippen molar-refractivity contribution in [2.24, 2.45) is 0 Å². The van der Waals surface area contributed by atoms with Crippen LogP contribution in [-0.2, 0) is 17.5 Å². The number of nitrogens with zero attached hydrogens (tertiary/aromatic N) is 6. The van der Waals surface area contributed by atoms with Crippen molar-refractivity contribution in [3.8, 4) is 11.3 Å². The molecule has 1 saturated heterocycles. The molecule has 1 unspecified atom stereocenters. The number of carbonyl (C=O) groups excluding carboxylic acids is 1. The number of alkyl halides is 3. The lowest BCUT2D eigenvalue weighted by Crippen LogP contribution is -2.39. The number of rotatable bonds is 9. The summed E-state index contributed by atoms with van der Waals surface area (Å²) < 4.78 is 48.1. The van der Waals surface area contributed by atoms with E-state index in [1.165, 1.54) is 18.5 Å². The summed E-state index contributed by atoms with van der Waals surface area (Å²) in [7, 11) is 5.46. The normalized spacial score (nSPS) is 17.2. The maximum Gasteiger partial charge on any atom is 0.416 e. The van der Waals surface area contributed by atoms with Gasteiger partial charge in [-0.3, -0.25) is 9.69 Å². The Hall–Kier alpha value is -4.46. The van der Waals surface area contributed by atoms with E-state index >= 15 is 0 Å². The minimum absolute atomic E-state index is 0.0715. The van der Waals surface area contributed by atoms with Crippen molar-refractivity contribution in [3.63, 3.8) is 0 Å². The van der Waals surface area contributed by atoms with Gasteiger partial charge in [0.05, 0.1) is 17.4 Å². The first-order valence-corrected chi connectivity index (χ1v) is 13.9. The smallest absolute Gasteiger partial charge is 0.378 e. The standard InChI is InChI=1S/C31H33F3N8O2/c1-19-5-8-23(12-26(19)40-30-37-10-9-25(39-30)22-13-35-18-36-14-22)38-29(43)20-6-7-21(24(11-20)31(32,33)34)15-42-16-27(41(2)3)28(17-42)44-4/h5-14,18,27-28H,15-17H2,1-4H3,(H,38,43)(H,37,39,40)/t27?,28-/m0/s1. The number of likely N-dealkylation sites (N-methyl/N-ethyl adjacent to an activating group) is 1. The van der Waals surface area contributed by atoms with Crippen LogP contribution >= 0.6 is 0 Å². The number of amides is 1. The number of nitrogens with one attached hydrogen (secondary N) is 2. The van der Waals surface area contributed by atoms with Crippen LogP contribution in [0, 0.1) is 6.92 Å². The lowest BCUT2D eigenvalue weighted by atomic mass is 10.0. The summed E-state index contributed by atoms with van der Waals surface area (Å²) in [5, 5.41) is 5.86. The van der Waals surface area contributed by atoms with Gasteiger partial charge in [0.25, 0.3) is 5.91 Å². The third-order valence-electron chi connectivity index (χ3n) is 7.60. The molecule has 2 N–H and O–H groups in total. The fourth-order valence-electron chi connectivity index (χ4n) is 5.22. The second kappa shape index (κ2) is 13.0. The van der Waals surface area contributed by atoms with Crippen molar-refractivity contribution in [2.45, 2.75) is 31.8 Å². The van der Waals surface area contributed by atoms with Crippen LogP contribution in [0.3, 0.4) is 0 Å². The van der Waals surface area contributed by atoms with Gasteiger partial charge in [0.15, 0.2) is 0 Å². The largest absolute Gasteiger partial charge is 0.416 e. The minimum Gasteiger partial charge on any atom is -0.378 e. The molecule has 2 aromatic carbocycles. The summed E-state index contributed by atoms with van der Waals surface area (Å²) in [5.41, 5.74) is 2.37. The zero-order chi connectivity index (χ0) is 31.4. The predicted molar refractivity (Wildman–Crippen MR) is 160 cm³/mol. The summed E-state index contributed by atoms with van der Waals surface area (Å²) in [6.07, 6.45) is 1.57. The summed E-state index contributed by atoms with van der Waals surface area (Å²) in [6.45, 7) is 3.05. The third-order valence-corrected chi connectivity index (χ3v) is 7.60. The van der Waals surface area contributed by atoms with Crippen LogP contribution in [0.2, 0.25) is 0 Å². The quantitative estimate of drug-likeness (QED) is 0.272. The van der Waals surface area contributed by atoms with Crippen molar-refractivity contribution >= 4 is 23.2 Å². The van der Waals surface area contributed by atoms with Crippen LogP contribution in [0.1, 0.15) is 27.0 Å². The molecule has 230 valence electrons. The molecule has 44 heavy (non-hydrogen) atoms. The van der Waals surface area contributed by atoms with Gasteiger partial charge in [-0.05, 0) is 62.5 Å². The molecule has 1 amide bonds.